The van der Waals surface area contributed by atoms with Crippen LogP contribution in [0.3, 0.4) is 0 Å². The zero-order chi connectivity index (χ0) is 13.7. The van der Waals surface area contributed by atoms with Gasteiger partial charge in [-0.15, -0.1) is 0 Å². The lowest BCUT2D eigenvalue weighted by Crippen LogP contribution is -2.41. The molecule has 0 radical (unpaired) electrons. The molecule has 1 aromatic rings. The molecule has 0 bridgehead atoms. The van der Waals surface area contributed by atoms with Crippen LogP contribution in [0.15, 0.2) is 24.3 Å². The molecule has 0 amide bonds. The lowest BCUT2D eigenvalue weighted by atomic mass is 9.93. The second-order valence-electron chi connectivity index (χ2n) is 4.97. The molecule has 4 nitrogen and oxygen atoms in total. The van der Waals surface area contributed by atoms with Crippen molar-refractivity contribution < 1.29 is 14.3 Å². The molecule has 19 heavy (non-hydrogen) atoms. The Morgan fingerprint density at radius 3 is 2.79 bits per heavy atom. The van der Waals surface area contributed by atoms with E-state index in [1.165, 1.54) is 13.5 Å². The third kappa shape index (κ3) is 3.70. The third-order valence-electron chi connectivity index (χ3n) is 3.57. The lowest BCUT2D eigenvalue weighted by molar-refractivity contribution is -0.139. The molecular weight excluding hydrogens is 242 g/mol. The highest BCUT2D eigenvalue weighted by atomic mass is 16.5. The number of nitrogens with two attached hydrogens (primary N) is 1. The normalized spacial score (nSPS) is 22.8. The van der Waals surface area contributed by atoms with Crippen molar-refractivity contribution in [3.8, 4) is 5.75 Å². The number of hydrogen-bond acceptors (Lipinski definition) is 4. The fourth-order valence-corrected chi connectivity index (χ4v) is 2.43. The molecule has 0 saturated heterocycles. The van der Waals surface area contributed by atoms with Gasteiger partial charge in [-0.05, 0) is 25.3 Å². The molecule has 2 unspecified atom stereocenters. The summed E-state index contributed by atoms with van der Waals surface area (Å²) >= 11 is 0. The van der Waals surface area contributed by atoms with Crippen LogP contribution in [0.5, 0.6) is 5.75 Å². The van der Waals surface area contributed by atoms with Crippen LogP contribution in [-0.4, -0.2) is 25.2 Å². The molecule has 0 heterocycles. The zero-order valence-electron chi connectivity index (χ0n) is 11.3. The second kappa shape index (κ2) is 6.57. The first-order valence-corrected chi connectivity index (χ1v) is 6.77. The Morgan fingerprint density at radius 2 is 2.05 bits per heavy atom. The highest BCUT2D eigenvalue weighted by Gasteiger charge is 2.24. The number of carbonyl (C=O) groups is 1. The maximum atomic E-state index is 11.4. The van der Waals surface area contributed by atoms with Crippen LogP contribution in [-0.2, 0) is 16.0 Å². The van der Waals surface area contributed by atoms with Crippen molar-refractivity contribution in [2.75, 3.05) is 7.11 Å². The molecule has 2 rings (SSSR count). The van der Waals surface area contributed by atoms with E-state index >= 15 is 0 Å². The van der Waals surface area contributed by atoms with Crippen molar-refractivity contribution in [2.24, 2.45) is 5.73 Å². The van der Waals surface area contributed by atoms with Crippen molar-refractivity contribution in [1.82, 2.24) is 0 Å². The van der Waals surface area contributed by atoms with Gasteiger partial charge in [-0.3, -0.25) is 4.79 Å². The maximum absolute atomic E-state index is 11.4. The summed E-state index contributed by atoms with van der Waals surface area (Å²) in [5, 5.41) is 0. The van der Waals surface area contributed by atoms with Crippen LogP contribution in [0.2, 0.25) is 0 Å². The summed E-state index contributed by atoms with van der Waals surface area (Å²) in [4.78, 5) is 11.4. The summed E-state index contributed by atoms with van der Waals surface area (Å²) in [6.07, 6.45) is 4.58. The van der Waals surface area contributed by atoms with Crippen LogP contribution in [0.1, 0.15) is 31.2 Å². The standard InChI is InChI=1S/C15H21NO3/c1-18-15(17)10-11-6-2-4-8-13(11)19-14-9-5-3-7-12(14)16/h2,4,6,8,12,14H,3,5,7,9-10,16H2,1H3. The molecule has 0 aliphatic heterocycles. The number of para-hydroxylation sites is 1. The first-order valence-electron chi connectivity index (χ1n) is 6.77. The molecule has 1 aromatic carbocycles. The summed E-state index contributed by atoms with van der Waals surface area (Å²) < 4.78 is 10.7. The SMILES string of the molecule is COC(=O)Cc1ccccc1OC1CCCCC1N. The number of benzene rings is 1. The monoisotopic (exact) mass is 263 g/mol. The first-order chi connectivity index (χ1) is 9.20. The summed E-state index contributed by atoms with van der Waals surface area (Å²) in [6, 6.07) is 7.66. The quantitative estimate of drug-likeness (QED) is 0.845. The predicted molar refractivity (Wildman–Crippen MR) is 73.0 cm³/mol. The molecule has 104 valence electrons. The zero-order valence-corrected chi connectivity index (χ0v) is 11.3. The van der Waals surface area contributed by atoms with Crippen molar-refractivity contribution in [2.45, 2.75) is 44.2 Å². The van der Waals surface area contributed by atoms with E-state index in [1.807, 2.05) is 24.3 Å². The summed E-state index contributed by atoms with van der Waals surface area (Å²) in [7, 11) is 1.39. The number of hydrogen-bond donors (Lipinski definition) is 1. The number of ether oxygens (including phenoxy) is 2. The Balaban J connectivity index is 2.08. The molecular formula is C15H21NO3. The van der Waals surface area contributed by atoms with Gasteiger partial charge < -0.3 is 15.2 Å². The van der Waals surface area contributed by atoms with Crippen molar-refractivity contribution in [3.05, 3.63) is 29.8 Å². The largest absolute Gasteiger partial charge is 0.489 e. The van der Waals surface area contributed by atoms with E-state index in [-0.39, 0.29) is 24.5 Å². The van der Waals surface area contributed by atoms with E-state index in [0.717, 1.165) is 30.6 Å². The topological polar surface area (TPSA) is 61.5 Å². The fourth-order valence-electron chi connectivity index (χ4n) is 2.43. The van der Waals surface area contributed by atoms with Crippen molar-refractivity contribution in [3.63, 3.8) is 0 Å². The van der Waals surface area contributed by atoms with E-state index in [9.17, 15) is 4.79 Å². The molecule has 0 spiro atoms. The highest BCUT2D eigenvalue weighted by molar-refractivity contribution is 5.73. The Hall–Kier alpha value is -1.55. The number of methoxy groups -OCH3 is 1. The second-order valence-corrected chi connectivity index (χ2v) is 4.97. The summed E-state index contributed by atoms with van der Waals surface area (Å²) in [6.45, 7) is 0. The van der Waals surface area contributed by atoms with E-state index in [2.05, 4.69) is 0 Å². The lowest BCUT2D eigenvalue weighted by Gasteiger charge is -2.29. The van der Waals surface area contributed by atoms with Gasteiger partial charge in [-0.1, -0.05) is 24.6 Å². The summed E-state index contributed by atoms with van der Waals surface area (Å²) in [5.41, 5.74) is 6.94. The molecule has 0 aromatic heterocycles. The van der Waals surface area contributed by atoms with Gasteiger partial charge >= 0.3 is 5.97 Å². The van der Waals surface area contributed by atoms with Gasteiger partial charge in [-0.2, -0.15) is 0 Å². The van der Waals surface area contributed by atoms with E-state index < -0.39 is 0 Å². The van der Waals surface area contributed by atoms with Crippen LogP contribution in [0, 0.1) is 0 Å². The molecule has 1 aliphatic rings. The van der Waals surface area contributed by atoms with Crippen molar-refractivity contribution in [1.29, 1.82) is 0 Å². The van der Waals surface area contributed by atoms with Crippen molar-refractivity contribution >= 4 is 5.97 Å². The number of rotatable bonds is 4. The van der Waals surface area contributed by atoms with Gasteiger partial charge in [0.15, 0.2) is 0 Å². The van der Waals surface area contributed by atoms with Gasteiger partial charge in [0.2, 0.25) is 0 Å². The van der Waals surface area contributed by atoms with Gasteiger partial charge in [0.05, 0.1) is 13.5 Å². The molecule has 1 saturated carbocycles. The van der Waals surface area contributed by atoms with Crippen LogP contribution >= 0.6 is 0 Å². The Labute approximate surface area is 113 Å². The average molecular weight is 263 g/mol. The van der Waals surface area contributed by atoms with E-state index in [1.54, 1.807) is 0 Å². The molecule has 4 heteroatoms. The first kappa shape index (κ1) is 13.9. The van der Waals surface area contributed by atoms with Crippen LogP contribution < -0.4 is 10.5 Å². The predicted octanol–water partition coefficient (Wildman–Crippen LogP) is 2.05. The Morgan fingerprint density at radius 1 is 1.32 bits per heavy atom. The van der Waals surface area contributed by atoms with Gasteiger partial charge in [0, 0.05) is 11.6 Å². The minimum absolute atomic E-state index is 0.0487. The molecule has 2 N–H and O–H groups in total. The minimum Gasteiger partial charge on any atom is -0.489 e. The van der Waals surface area contributed by atoms with Crippen LogP contribution in [0.4, 0.5) is 0 Å². The molecule has 1 fully saturated rings. The molecule has 2 atom stereocenters. The van der Waals surface area contributed by atoms with E-state index in [4.69, 9.17) is 15.2 Å². The summed E-state index contributed by atoms with van der Waals surface area (Å²) in [5.74, 6) is 0.485. The number of carbonyl (C=O) groups excluding carboxylic acids is 1. The Bertz CT molecular complexity index is 433. The molecule has 1 aliphatic carbocycles. The third-order valence-corrected chi connectivity index (χ3v) is 3.57. The average Bonchev–Trinajstić information content (AvgIpc) is 2.43. The highest BCUT2D eigenvalue weighted by Crippen LogP contribution is 2.26. The van der Waals surface area contributed by atoms with Gasteiger partial charge in [-0.25, -0.2) is 0 Å². The minimum atomic E-state index is -0.260. The van der Waals surface area contributed by atoms with E-state index in [0.29, 0.717) is 0 Å². The maximum Gasteiger partial charge on any atom is 0.310 e. The fraction of sp³-hybridized carbons (Fsp3) is 0.533. The smallest absolute Gasteiger partial charge is 0.310 e. The number of esters is 1. The van der Waals surface area contributed by atoms with Gasteiger partial charge in [0.1, 0.15) is 11.9 Å². The van der Waals surface area contributed by atoms with Gasteiger partial charge in [0.25, 0.3) is 0 Å². The van der Waals surface area contributed by atoms with Crippen LogP contribution in [0.25, 0.3) is 0 Å². The Kier molecular flexibility index (Phi) is 4.80.